The fraction of sp³-hybridized carbons (Fsp3) is 0.250. The Balaban J connectivity index is 2.23. The summed E-state index contributed by atoms with van der Waals surface area (Å²) < 4.78 is 0. The van der Waals surface area contributed by atoms with Gasteiger partial charge in [-0.3, -0.25) is 4.79 Å². The normalized spacial score (nSPS) is 12.6. The first-order chi connectivity index (χ1) is 10.6. The first-order valence-corrected chi connectivity index (χ1v) is 10.9. The molecule has 0 bridgehead atoms. The second kappa shape index (κ2) is 7.37. The van der Waals surface area contributed by atoms with E-state index in [9.17, 15) is 4.79 Å². The van der Waals surface area contributed by atoms with E-state index in [1.165, 1.54) is 5.19 Å². The van der Waals surface area contributed by atoms with Crippen LogP contribution in [0.3, 0.4) is 0 Å². The summed E-state index contributed by atoms with van der Waals surface area (Å²) in [6, 6.07) is 20.2. The average molecular weight is 308 g/mol. The maximum absolute atomic E-state index is 12.6. The largest absolute Gasteiger partial charge is 0.294 e. The third-order valence-corrected chi connectivity index (χ3v) is 8.82. The van der Waals surface area contributed by atoms with Crippen molar-refractivity contribution in [2.75, 3.05) is 0 Å². The SMILES string of the molecule is C=CCC(CC(=O)c1ccccc1)[Si](C)(C)c1ccccc1. The first kappa shape index (κ1) is 16.4. The highest BCUT2D eigenvalue weighted by Crippen LogP contribution is 2.31. The first-order valence-electron chi connectivity index (χ1n) is 7.80. The predicted octanol–water partition coefficient (Wildman–Crippen LogP) is 4.82. The predicted molar refractivity (Wildman–Crippen MR) is 97.5 cm³/mol. The van der Waals surface area contributed by atoms with E-state index in [1.54, 1.807) is 0 Å². The minimum absolute atomic E-state index is 0.240. The Morgan fingerprint density at radius 3 is 2.14 bits per heavy atom. The quantitative estimate of drug-likeness (QED) is 0.407. The molecular weight excluding hydrogens is 284 g/mol. The van der Waals surface area contributed by atoms with E-state index in [-0.39, 0.29) is 5.78 Å². The van der Waals surface area contributed by atoms with E-state index >= 15 is 0 Å². The molecule has 1 unspecified atom stereocenters. The van der Waals surface area contributed by atoms with Crippen LogP contribution in [0.25, 0.3) is 0 Å². The second-order valence-electron chi connectivity index (χ2n) is 6.30. The maximum Gasteiger partial charge on any atom is 0.162 e. The Morgan fingerprint density at radius 2 is 1.59 bits per heavy atom. The third-order valence-electron chi connectivity index (χ3n) is 4.52. The lowest BCUT2D eigenvalue weighted by Crippen LogP contribution is -2.46. The van der Waals surface area contributed by atoms with Crippen LogP contribution in [0.15, 0.2) is 73.3 Å². The third kappa shape index (κ3) is 3.83. The van der Waals surface area contributed by atoms with E-state index in [1.807, 2.05) is 42.5 Å². The van der Waals surface area contributed by atoms with E-state index in [4.69, 9.17) is 0 Å². The lowest BCUT2D eigenvalue weighted by atomic mass is 10.1. The molecule has 2 heteroatoms. The smallest absolute Gasteiger partial charge is 0.162 e. The van der Waals surface area contributed by atoms with Crippen LogP contribution in [0.2, 0.25) is 18.6 Å². The van der Waals surface area contributed by atoms with Gasteiger partial charge in [-0.2, -0.15) is 0 Å². The van der Waals surface area contributed by atoms with Gasteiger partial charge in [-0.1, -0.05) is 85.0 Å². The summed E-state index contributed by atoms with van der Waals surface area (Å²) in [6.45, 7) is 8.61. The number of hydrogen-bond donors (Lipinski definition) is 0. The number of benzene rings is 2. The molecule has 114 valence electrons. The van der Waals surface area contributed by atoms with Gasteiger partial charge in [-0.05, 0) is 12.0 Å². The lowest BCUT2D eigenvalue weighted by Gasteiger charge is -2.32. The second-order valence-corrected chi connectivity index (χ2v) is 11.1. The van der Waals surface area contributed by atoms with Crippen molar-refractivity contribution in [1.82, 2.24) is 0 Å². The molecule has 2 rings (SSSR count). The van der Waals surface area contributed by atoms with Crippen molar-refractivity contribution in [2.45, 2.75) is 31.5 Å². The fourth-order valence-corrected chi connectivity index (χ4v) is 5.88. The Labute approximate surface area is 134 Å². The lowest BCUT2D eigenvalue weighted by molar-refractivity contribution is 0.0980. The summed E-state index contributed by atoms with van der Waals surface area (Å²) in [5, 5.41) is 1.41. The van der Waals surface area contributed by atoms with Gasteiger partial charge in [0.05, 0.1) is 8.07 Å². The van der Waals surface area contributed by atoms with Gasteiger partial charge in [0.1, 0.15) is 0 Å². The molecule has 0 aliphatic carbocycles. The van der Waals surface area contributed by atoms with Crippen molar-refractivity contribution in [1.29, 1.82) is 0 Å². The zero-order chi connectivity index (χ0) is 16.0. The molecule has 0 saturated heterocycles. The molecule has 0 aliphatic rings. The van der Waals surface area contributed by atoms with Gasteiger partial charge >= 0.3 is 0 Å². The Morgan fingerprint density at radius 1 is 1.05 bits per heavy atom. The summed E-state index contributed by atoms with van der Waals surface area (Å²) in [6.07, 6.45) is 3.46. The van der Waals surface area contributed by atoms with Crippen molar-refractivity contribution in [3.63, 3.8) is 0 Å². The number of Topliss-reactive ketones (excluding diaryl/α,β-unsaturated/α-hetero) is 1. The van der Waals surface area contributed by atoms with Crippen LogP contribution in [-0.2, 0) is 0 Å². The van der Waals surface area contributed by atoms with Crippen molar-refractivity contribution in [3.05, 3.63) is 78.9 Å². The summed E-state index contributed by atoms with van der Waals surface area (Å²) in [4.78, 5) is 12.6. The van der Waals surface area contributed by atoms with Gasteiger partial charge in [0.15, 0.2) is 5.78 Å². The topological polar surface area (TPSA) is 17.1 Å². The number of allylic oxidation sites excluding steroid dienone is 1. The van der Waals surface area contributed by atoms with Gasteiger partial charge < -0.3 is 0 Å². The molecule has 0 spiro atoms. The molecule has 2 aromatic carbocycles. The van der Waals surface area contributed by atoms with Gasteiger partial charge in [-0.15, -0.1) is 6.58 Å². The molecule has 0 radical (unpaired) electrons. The molecule has 0 fully saturated rings. The van der Waals surface area contributed by atoms with Gasteiger partial charge in [0.2, 0.25) is 0 Å². The Kier molecular flexibility index (Phi) is 5.50. The standard InChI is InChI=1S/C20H24OSi/c1-4-11-19(16-20(21)17-12-7-5-8-13-17)22(2,3)18-14-9-6-10-15-18/h4-10,12-15,19H,1,11,16H2,2-3H3. The molecular formula is C20H24OSi. The Bertz CT molecular complexity index is 617. The molecule has 1 nitrogen and oxygen atoms in total. The molecule has 0 amide bonds. The number of ketones is 1. The summed E-state index contributed by atoms with van der Waals surface area (Å²) in [7, 11) is -1.72. The highest BCUT2D eigenvalue weighted by atomic mass is 28.3. The van der Waals surface area contributed by atoms with Gasteiger partial charge in [-0.25, -0.2) is 0 Å². The van der Waals surface area contributed by atoms with Gasteiger partial charge in [0.25, 0.3) is 0 Å². The van der Waals surface area contributed by atoms with Crippen molar-refractivity contribution in [2.24, 2.45) is 0 Å². The molecule has 0 heterocycles. The van der Waals surface area contributed by atoms with Crippen LogP contribution in [0.4, 0.5) is 0 Å². The summed E-state index contributed by atoms with van der Waals surface area (Å²) in [5.41, 5.74) is 1.19. The minimum atomic E-state index is -1.72. The number of hydrogen-bond acceptors (Lipinski definition) is 1. The number of carbonyl (C=O) groups excluding carboxylic acids is 1. The van der Waals surface area contributed by atoms with E-state index < -0.39 is 8.07 Å². The van der Waals surface area contributed by atoms with Crippen molar-refractivity contribution >= 4 is 19.0 Å². The number of rotatable bonds is 7. The highest BCUT2D eigenvalue weighted by molar-refractivity contribution is 6.91. The molecule has 2 aromatic rings. The monoisotopic (exact) mass is 308 g/mol. The molecule has 0 aliphatic heterocycles. The zero-order valence-corrected chi connectivity index (χ0v) is 14.5. The maximum atomic E-state index is 12.6. The zero-order valence-electron chi connectivity index (χ0n) is 13.5. The molecule has 0 aromatic heterocycles. The average Bonchev–Trinajstić information content (AvgIpc) is 2.56. The van der Waals surface area contributed by atoms with E-state index in [2.05, 4.69) is 43.9 Å². The minimum Gasteiger partial charge on any atom is -0.294 e. The molecule has 1 atom stereocenters. The summed E-state index contributed by atoms with van der Waals surface area (Å²) in [5.74, 6) is 0.240. The van der Waals surface area contributed by atoms with Crippen LogP contribution in [0, 0.1) is 0 Å². The molecule has 0 N–H and O–H groups in total. The van der Waals surface area contributed by atoms with Gasteiger partial charge in [0, 0.05) is 12.0 Å². The highest BCUT2D eigenvalue weighted by Gasteiger charge is 2.34. The van der Waals surface area contributed by atoms with Crippen LogP contribution in [0.1, 0.15) is 23.2 Å². The van der Waals surface area contributed by atoms with Crippen LogP contribution < -0.4 is 5.19 Å². The molecule has 0 saturated carbocycles. The fourth-order valence-electron chi connectivity index (χ4n) is 2.90. The van der Waals surface area contributed by atoms with E-state index in [0.29, 0.717) is 12.0 Å². The van der Waals surface area contributed by atoms with Crippen LogP contribution in [0.5, 0.6) is 0 Å². The van der Waals surface area contributed by atoms with Crippen LogP contribution in [-0.4, -0.2) is 13.9 Å². The Hall–Kier alpha value is -1.93. The van der Waals surface area contributed by atoms with E-state index in [0.717, 1.165) is 12.0 Å². The van der Waals surface area contributed by atoms with Crippen LogP contribution >= 0.6 is 0 Å². The molecule has 22 heavy (non-hydrogen) atoms. The number of carbonyl (C=O) groups is 1. The van der Waals surface area contributed by atoms with Crippen molar-refractivity contribution < 1.29 is 4.79 Å². The van der Waals surface area contributed by atoms with Crippen molar-refractivity contribution in [3.8, 4) is 0 Å². The summed E-state index contributed by atoms with van der Waals surface area (Å²) >= 11 is 0.